The molecule has 0 aliphatic heterocycles. The molecule has 4 heteroatoms. The number of ether oxygens (including phenoxy) is 2. The maximum Gasteiger partial charge on any atom is 0.200 e. The molecule has 1 heterocycles. The fourth-order valence-electron chi connectivity index (χ4n) is 2.43. The highest BCUT2D eigenvalue weighted by molar-refractivity contribution is 5.82. The Bertz CT molecular complexity index is 907. The second-order valence-corrected chi connectivity index (χ2v) is 5.29. The summed E-state index contributed by atoms with van der Waals surface area (Å²) in [5, 5.41) is 0.527. The number of fused-ring (bicyclic) bond motifs is 1. The van der Waals surface area contributed by atoms with Gasteiger partial charge in [-0.3, -0.25) is 4.79 Å². The predicted octanol–water partition coefficient (Wildman–Crippen LogP) is 4.42. The molecular formula is C20H18O4. The van der Waals surface area contributed by atoms with Crippen molar-refractivity contribution in [3.05, 3.63) is 71.6 Å². The van der Waals surface area contributed by atoms with Gasteiger partial charge in [0.1, 0.15) is 23.3 Å². The Morgan fingerprint density at radius 1 is 1.12 bits per heavy atom. The molecule has 0 spiro atoms. The van der Waals surface area contributed by atoms with Crippen molar-refractivity contribution in [1.82, 2.24) is 0 Å². The number of benzene rings is 2. The molecule has 0 unspecified atom stereocenters. The monoisotopic (exact) mass is 322 g/mol. The van der Waals surface area contributed by atoms with Crippen LogP contribution in [0.4, 0.5) is 0 Å². The van der Waals surface area contributed by atoms with Crippen LogP contribution in [0.5, 0.6) is 11.5 Å². The Labute approximate surface area is 139 Å². The third-order valence-electron chi connectivity index (χ3n) is 3.74. The summed E-state index contributed by atoms with van der Waals surface area (Å²) in [6, 6.07) is 12.5. The minimum Gasteiger partial charge on any atom is -0.497 e. The lowest BCUT2D eigenvalue weighted by atomic mass is 10.1. The highest BCUT2D eigenvalue weighted by Crippen LogP contribution is 2.24. The number of methoxy groups -OCH3 is 1. The van der Waals surface area contributed by atoms with E-state index in [0.717, 1.165) is 17.7 Å². The molecule has 3 rings (SSSR count). The summed E-state index contributed by atoms with van der Waals surface area (Å²) in [4.78, 5) is 12.7. The molecular weight excluding hydrogens is 304 g/mol. The van der Waals surface area contributed by atoms with Gasteiger partial charge in [-0.2, -0.15) is 0 Å². The minimum absolute atomic E-state index is 0.0703. The largest absolute Gasteiger partial charge is 0.497 e. The lowest BCUT2D eigenvalue weighted by Gasteiger charge is -2.07. The van der Waals surface area contributed by atoms with Crippen molar-refractivity contribution in [2.75, 3.05) is 13.7 Å². The van der Waals surface area contributed by atoms with Crippen LogP contribution in [0.15, 0.2) is 70.6 Å². The van der Waals surface area contributed by atoms with E-state index in [1.54, 1.807) is 31.4 Å². The van der Waals surface area contributed by atoms with Crippen LogP contribution >= 0.6 is 0 Å². The van der Waals surface area contributed by atoms with E-state index >= 15 is 0 Å². The average Bonchev–Trinajstić information content (AvgIpc) is 2.62. The number of rotatable bonds is 6. The standard InChI is InChI=1S/C20H18O4/c1-3-4-11-23-16-9-10-17-19(12-16)24-13-18(20(17)21)14-5-7-15(22-2)8-6-14/h3,5-10,12-13H,1,4,11H2,2H3. The fourth-order valence-corrected chi connectivity index (χ4v) is 2.43. The van der Waals surface area contributed by atoms with Gasteiger partial charge in [0, 0.05) is 6.07 Å². The van der Waals surface area contributed by atoms with E-state index in [1.165, 1.54) is 6.26 Å². The average molecular weight is 322 g/mol. The van der Waals surface area contributed by atoms with Gasteiger partial charge in [0.05, 0.1) is 24.7 Å². The van der Waals surface area contributed by atoms with Crippen molar-refractivity contribution < 1.29 is 13.9 Å². The minimum atomic E-state index is -0.0703. The summed E-state index contributed by atoms with van der Waals surface area (Å²) in [6.45, 7) is 4.20. The topological polar surface area (TPSA) is 48.7 Å². The molecule has 1 aromatic heterocycles. The number of hydrogen-bond donors (Lipinski definition) is 0. The van der Waals surface area contributed by atoms with Crippen molar-refractivity contribution in [3.8, 4) is 22.6 Å². The maximum atomic E-state index is 12.7. The Morgan fingerprint density at radius 2 is 1.88 bits per heavy atom. The van der Waals surface area contributed by atoms with Crippen molar-refractivity contribution in [1.29, 1.82) is 0 Å². The molecule has 0 saturated heterocycles. The zero-order chi connectivity index (χ0) is 16.9. The van der Waals surface area contributed by atoms with Crippen LogP contribution in [0.25, 0.3) is 22.1 Å². The van der Waals surface area contributed by atoms with Gasteiger partial charge in [0.25, 0.3) is 0 Å². The second-order valence-electron chi connectivity index (χ2n) is 5.29. The second kappa shape index (κ2) is 7.04. The van der Waals surface area contributed by atoms with Crippen molar-refractivity contribution in [2.45, 2.75) is 6.42 Å². The maximum absolute atomic E-state index is 12.7. The van der Waals surface area contributed by atoms with Gasteiger partial charge in [0.2, 0.25) is 0 Å². The molecule has 0 bridgehead atoms. The summed E-state index contributed by atoms with van der Waals surface area (Å²) >= 11 is 0. The van der Waals surface area contributed by atoms with Crippen LogP contribution in [0.1, 0.15) is 6.42 Å². The molecule has 0 aliphatic carbocycles. The first kappa shape index (κ1) is 15.9. The molecule has 2 aromatic carbocycles. The summed E-state index contributed by atoms with van der Waals surface area (Å²) in [5.74, 6) is 1.41. The van der Waals surface area contributed by atoms with Gasteiger partial charge < -0.3 is 13.9 Å². The van der Waals surface area contributed by atoms with E-state index in [1.807, 2.05) is 24.3 Å². The van der Waals surface area contributed by atoms with E-state index in [2.05, 4.69) is 6.58 Å². The van der Waals surface area contributed by atoms with Crippen LogP contribution in [0.2, 0.25) is 0 Å². The van der Waals surface area contributed by atoms with E-state index in [0.29, 0.717) is 28.9 Å². The smallest absolute Gasteiger partial charge is 0.200 e. The highest BCUT2D eigenvalue weighted by atomic mass is 16.5. The highest BCUT2D eigenvalue weighted by Gasteiger charge is 2.10. The molecule has 4 nitrogen and oxygen atoms in total. The first-order valence-corrected chi connectivity index (χ1v) is 7.66. The zero-order valence-electron chi connectivity index (χ0n) is 13.5. The quantitative estimate of drug-likeness (QED) is 0.498. The summed E-state index contributed by atoms with van der Waals surface area (Å²) in [5.41, 5.74) is 1.75. The van der Waals surface area contributed by atoms with E-state index in [-0.39, 0.29) is 5.43 Å². The molecule has 0 radical (unpaired) electrons. The molecule has 0 aliphatic rings. The van der Waals surface area contributed by atoms with E-state index in [9.17, 15) is 4.79 Å². The molecule has 3 aromatic rings. The van der Waals surface area contributed by atoms with E-state index in [4.69, 9.17) is 13.9 Å². The molecule has 0 saturated carbocycles. The molecule has 0 fully saturated rings. The molecule has 24 heavy (non-hydrogen) atoms. The Morgan fingerprint density at radius 3 is 2.58 bits per heavy atom. The number of hydrogen-bond acceptors (Lipinski definition) is 4. The van der Waals surface area contributed by atoms with Crippen molar-refractivity contribution >= 4 is 11.0 Å². The fraction of sp³-hybridized carbons (Fsp3) is 0.150. The predicted molar refractivity (Wildman–Crippen MR) is 94.8 cm³/mol. The summed E-state index contributed by atoms with van der Waals surface area (Å²) in [6.07, 6.45) is 4.04. The van der Waals surface area contributed by atoms with Gasteiger partial charge >= 0.3 is 0 Å². The Hall–Kier alpha value is -3.01. The third-order valence-corrected chi connectivity index (χ3v) is 3.74. The van der Waals surface area contributed by atoms with Crippen molar-refractivity contribution in [2.24, 2.45) is 0 Å². The molecule has 0 atom stereocenters. The van der Waals surface area contributed by atoms with Crippen LogP contribution in [-0.4, -0.2) is 13.7 Å². The van der Waals surface area contributed by atoms with Gasteiger partial charge in [-0.15, -0.1) is 6.58 Å². The molecule has 122 valence electrons. The van der Waals surface area contributed by atoms with Gasteiger partial charge in [-0.1, -0.05) is 18.2 Å². The van der Waals surface area contributed by atoms with Crippen LogP contribution < -0.4 is 14.9 Å². The molecule has 0 amide bonds. The van der Waals surface area contributed by atoms with E-state index < -0.39 is 0 Å². The Kier molecular flexibility index (Phi) is 4.66. The summed E-state index contributed by atoms with van der Waals surface area (Å²) in [7, 11) is 1.61. The van der Waals surface area contributed by atoms with Crippen molar-refractivity contribution in [3.63, 3.8) is 0 Å². The van der Waals surface area contributed by atoms with Crippen LogP contribution in [0, 0.1) is 0 Å². The van der Waals surface area contributed by atoms with Crippen LogP contribution in [-0.2, 0) is 0 Å². The SMILES string of the molecule is C=CCCOc1ccc2c(=O)c(-c3ccc(OC)cc3)coc2c1. The summed E-state index contributed by atoms with van der Waals surface area (Å²) < 4.78 is 16.4. The van der Waals surface area contributed by atoms with Crippen LogP contribution in [0.3, 0.4) is 0 Å². The van der Waals surface area contributed by atoms with Gasteiger partial charge in [-0.25, -0.2) is 0 Å². The lowest BCUT2D eigenvalue weighted by Crippen LogP contribution is -2.05. The lowest BCUT2D eigenvalue weighted by molar-refractivity contribution is 0.325. The normalized spacial score (nSPS) is 10.5. The van der Waals surface area contributed by atoms with Gasteiger partial charge in [0.15, 0.2) is 5.43 Å². The Balaban J connectivity index is 1.96. The zero-order valence-corrected chi connectivity index (χ0v) is 13.5. The molecule has 0 N–H and O–H groups in total. The van der Waals surface area contributed by atoms with Gasteiger partial charge in [-0.05, 0) is 36.2 Å². The first-order chi connectivity index (χ1) is 11.7. The first-order valence-electron chi connectivity index (χ1n) is 7.66. The third kappa shape index (κ3) is 3.18.